The minimum absolute atomic E-state index is 0.806. The monoisotopic (exact) mass is 296 g/mol. The van der Waals surface area contributed by atoms with E-state index < -0.39 is 6.00 Å². The van der Waals surface area contributed by atoms with E-state index in [1.807, 2.05) is 0 Å². The lowest BCUT2D eigenvalue weighted by Crippen LogP contribution is -2.07. The topological polar surface area (TPSA) is 0 Å². The van der Waals surface area contributed by atoms with Crippen LogP contribution >= 0.6 is 49.2 Å². The Morgan fingerprint density at radius 3 is 1.91 bits per heavy atom. The van der Waals surface area contributed by atoms with Gasteiger partial charge in [0.05, 0.1) is 0 Å². The van der Waals surface area contributed by atoms with E-state index in [2.05, 4.69) is 15.9 Å². The molecule has 0 aliphatic rings. The average Bonchev–Trinajstić information content (AvgIpc) is 1.85. The molecule has 0 saturated carbocycles. The molecule has 11 heavy (non-hydrogen) atoms. The number of hydrogen-bond donors (Lipinski definition) is 0. The van der Waals surface area contributed by atoms with E-state index >= 15 is 0 Å². The molecule has 0 saturated heterocycles. The second-order valence-corrected chi connectivity index (χ2v) is 12.5. The average molecular weight is 299 g/mol. The molecule has 0 aromatic rings. The van der Waals surface area contributed by atoms with Gasteiger partial charge in [0, 0.05) is 5.33 Å². The molecule has 0 unspecified atom stereocenters. The van der Waals surface area contributed by atoms with E-state index in [0.29, 0.717) is 0 Å². The van der Waals surface area contributed by atoms with Crippen molar-refractivity contribution in [3.8, 4) is 0 Å². The first kappa shape index (κ1) is 12.6. The molecule has 0 aliphatic carbocycles. The van der Waals surface area contributed by atoms with Gasteiger partial charge in [-0.1, -0.05) is 35.2 Å². The zero-order chi connectivity index (χ0) is 8.74. The maximum atomic E-state index is 5.71. The molecule has 0 amide bonds. The maximum Gasteiger partial charge on any atom is 0.341 e. The summed E-state index contributed by atoms with van der Waals surface area (Å²) in [6, 6.07) is -1.51. The van der Waals surface area contributed by atoms with Crippen LogP contribution < -0.4 is 0 Å². The summed E-state index contributed by atoms with van der Waals surface area (Å²) >= 11 is 20.5. The molecule has 0 N–H and O–H groups in total. The van der Waals surface area contributed by atoms with Crippen LogP contribution in [0.5, 0.6) is 0 Å². The molecule has 0 spiro atoms. The molecule has 0 rings (SSSR count). The maximum absolute atomic E-state index is 5.71. The van der Waals surface area contributed by atoms with Crippen LogP contribution in [0.4, 0.5) is 0 Å². The summed E-state index contributed by atoms with van der Waals surface area (Å²) in [5.74, 6) is 0. The largest absolute Gasteiger partial charge is 0.341 e. The van der Waals surface area contributed by atoms with Gasteiger partial charge >= 0.3 is 6.00 Å². The summed E-state index contributed by atoms with van der Waals surface area (Å²) in [7, 11) is 0. The van der Waals surface area contributed by atoms with Crippen molar-refractivity contribution in [1.82, 2.24) is 0 Å². The minimum atomic E-state index is -2.31. The second-order valence-electron chi connectivity index (χ2n) is 2.47. The molecule has 0 bridgehead atoms. The molecule has 0 heterocycles. The summed E-state index contributed by atoms with van der Waals surface area (Å²) in [5, 5.41) is 1.08. The Kier molecular flexibility index (Phi) is 8.02. The molecule has 68 valence electrons. The SMILES string of the molecule is Cl[Si](Cl)(Cl)CCCCCCBr. The zero-order valence-corrected chi connectivity index (χ0v) is 11.1. The molecular formula is C6H12BrCl3Si. The van der Waals surface area contributed by atoms with Gasteiger partial charge in [0.15, 0.2) is 0 Å². The van der Waals surface area contributed by atoms with Crippen LogP contribution in [0.2, 0.25) is 6.04 Å². The van der Waals surface area contributed by atoms with Crippen LogP contribution in [0.1, 0.15) is 25.7 Å². The van der Waals surface area contributed by atoms with Crippen molar-refractivity contribution in [3.05, 3.63) is 0 Å². The number of alkyl halides is 1. The Morgan fingerprint density at radius 2 is 1.45 bits per heavy atom. The first-order valence-electron chi connectivity index (χ1n) is 3.69. The molecule has 0 nitrogen and oxygen atoms in total. The van der Waals surface area contributed by atoms with Gasteiger partial charge in [-0.2, -0.15) is 0 Å². The van der Waals surface area contributed by atoms with Gasteiger partial charge in [0.1, 0.15) is 0 Å². The van der Waals surface area contributed by atoms with Crippen molar-refractivity contribution < 1.29 is 0 Å². The highest BCUT2D eigenvalue weighted by atomic mass is 79.9. The van der Waals surface area contributed by atoms with E-state index in [1.54, 1.807) is 0 Å². The van der Waals surface area contributed by atoms with Crippen molar-refractivity contribution in [3.63, 3.8) is 0 Å². The van der Waals surface area contributed by atoms with E-state index in [1.165, 1.54) is 19.3 Å². The quantitative estimate of drug-likeness (QED) is 0.291. The number of halogens is 4. The summed E-state index contributed by atoms with van der Waals surface area (Å²) in [5.41, 5.74) is 0. The van der Waals surface area contributed by atoms with Gasteiger partial charge in [-0.05, 0) is 12.5 Å². The highest BCUT2D eigenvalue weighted by Gasteiger charge is 2.23. The Hall–Kier alpha value is 1.57. The number of hydrogen-bond acceptors (Lipinski definition) is 0. The molecule has 0 aliphatic heterocycles. The predicted octanol–water partition coefficient (Wildman–Crippen LogP) is 4.60. The lowest BCUT2D eigenvalue weighted by atomic mass is 10.2. The lowest BCUT2D eigenvalue weighted by Gasteiger charge is -2.05. The smallest absolute Gasteiger partial charge is 0.126 e. The third kappa shape index (κ3) is 11.6. The fourth-order valence-electron chi connectivity index (χ4n) is 0.773. The van der Waals surface area contributed by atoms with Gasteiger partial charge in [0.2, 0.25) is 0 Å². The van der Waals surface area contributed by atoms with Crippen molar-refractivity contribution >= 4 is 55.2 Å². The predicted molar refractivity (Wildman–Crippen MR) is 60.4 cm³/mol. The van der Waals surface area contributed by atoms with Gasteiger partial charge in [0.25, 0.3) is 0 Å². The van der Waals surface area contributed by atoms with Gasteiger partial charge < -0.3 is 0 Å². The normalized spacial score (nSPS) is 12.0. The molecule has 0 aromatic heterocycles. The summed E-state index contributed by atoms with van der Waals surface area (Å²) in [6.45, 7) is 0. The van der Waals surface area contributed by atoms with Crippen molar-refractivity contribution in [2.75, 3.05) is 5.33 Å². The van der Waals surface area contributed by atoms with Crippen LogP contribution in [0.15, 0.2) is 0 Å². The fourth-order valence-corrected chi connectivity index (χ4v) is 3.02. The van der Waals surface area contributed by atoms with Crippen molar-refractivity contribution in [1.29, 1.82) is 0 Å². The highest BCUT2D eigenvalue weighted by Crippen LogP contribution is 2.27. The van der Waals surface area contributed by atoms with E-state index in [-0.39, 0.29) is 0 Å². The summed E-state index contributed by atoms with van der Waals surface area (Å²) in [4.78, 5) is 0. The molecular weight excluding hydrogens is 286 g/mol. The third-order valence-corrected chi connectivity index (χ3v) is 4.53. The van der Waals surface area contributed by atoms with Crippen LogP contribution in [-0.2, 0) is 0 Å². The first-order valence-corrected chi connectivity index (χ1v) is 10.1. The van der Waals surface area contributed by atoms with Crippen LogP contribution in [0.3, 0.4) is 0 Å². The van der Waals surface area contributed by atoms with Crippen LogP contribution in [-0.4, -0.2) is 11.3 Å². The summed E-state index contributed by atoms with van der Waals surface area (Å²) in [6.07, 6.45) is 4.71. The van der Waals surface area contributed by atoms with Crippen molar-refractivity contribution in [2.24, 2.45) is 0 Å². The lowest BCUT2D eigenvalue weighted by molar-refractivity contribution is 0.706. The molecule has 0 aromatic carbocycles. The zero-order valence-electron chi connectivity index (χ0n) is 6.25. The number of unbranched alkanes of at least 4 members (excludes halogenated alkanes) is 3. The van der Waals surface area contributed by atoms with E-state index in [0.717, 1.165) is 17.8 Å². The van der Waals surface area contributed by atoms with E-state index in [9.17, 15) is 0 Å². The second kappa shape index (κ2) is 7.02. The third-order valence-electron chi connectivity index (χ3n) is 1.34. The molecule has 5 heteroatoms. The standard InChI is InChI=1S/C6H12BrCl3Si/c7-5-3-1-2-4-6-11(8,9)10/h1-6H2. The highest BCUT2D eigenvalue weighted by molar-refractivity contribution is 9.09. The van der Waals surface area contributed by atoms with Crippen LogP contribution in [0, 0.1) is 0 Å². The van der Waals surface area contributed by atoms with Gasteiger partial charge in [-0.3, -0.25) is 0 Å². The Labute approximate surface area is 91.8 Å². The summed E-state index contributed by atoms with van der Waals surface area (Å²) < 4.78 is 0. The fraction of sp³-hybridized carbons (Fsp3) is 1.00. The molecule has 0 atom stereocenters. The Morgan fingerprint density at radius 1 is 0.909 bits per heavy atom. The van der Waals surface area contributed by atoms with E-state index in [4.69, 9.17) is 33.2 Å². The first-order chi connectivity index (χ1) is 5.06. The van der Waals surface area contributed by atoms with Gasteiger partial charge in [-0.15, -0.1) is 33.2 Å². The minimum Gasteiger partial charge on any atom is -0.126 e. The Bertz CT molecular complexity index is 94.3. The van der Waals surface area contributed by atoms with Crippen molar-refractivity contribution in [2.45, 2.75) is 31.7 Å². The van der Waals surface area contributed by atoms with Gasteiger partial charge in [-0.25, -0.2) is 0 Å². The van der Waals surface area contributed by atoms with Crippen LogP contribution in [0.25, 0.3) is 0 Å². The molecule has 0 fully saturated rings. The molecule has 0 radical (unpaired) electrons. The number of rotatable bonds is 6. The Balaban J connectivity index is 3.02.